The summed E-state index contributed by atoms with van der Waals surface area (Å²) in [6, 6.07) is 4.24. The van der Waals surface area contributed by atoms with E-state index in [4.69, 9.17) is 10.7 Å². The zero-order chi connectivity index (χ0) is 15.5. The Bertz CT molecular complexity index is 602. The van der Waals surface area contributed by atoms with E-state index in [1.54, 1.807) is 6.07 Å². The summed E-state index contributed by atoms with van der Waals surface area (Å²) in [4.78, 5) is 12.1. The second-order valence-electron chi connectivity index (χ2n) is 4.85. The fourth-order valence-electron chi connectivity index (χ4n) is 1.83. The van der Waals surface area contributed by atoms with E-state index in [0.717, 1.165) is 6.42 Å². The first-order valence-corrected chi connectivity index (χ1v) is 9.31. The smallest absolute Gasteiger partial charge is 0.261 e. The van der Waals surface area contributed by atoms with Gasteiger partial charge in [0.05, 0.1) is 4.90 Å². The third kappa shape index (κ3) is 4.75. The van der Waals surface area contributed by atoms with E-state index in [-0.39, 0.29) is 22.4 Å². The van der Waals surface area contributed by atoms with Crippen LogP contribution in [0.3, 0.4) is 0 Å². The number of carbonyl (C=O) groups excluding carboxylic acids is 1. The predicted octanol–water partition coefficient (Wildman–Crippen LogP) is 3.54. The lowest BCUT2D eigenvalue weighted by molar-refractivity contribution is 0.0924. The van der Waals surface area contributed by atoms with Crippen LogP contribution in [0.4, 0.5) is 0 Å². The molecule has 0 bridgehead atoms. The molecule has 4 nitrogen and oxygen atoms in total. The molecule has 1 N–H and O–H groups in total. The number of halogens is 2. The molecule has 0 heterocycles. The zero-order valence-electron chi connectivity index (χ0n) is 11.5. The highest BCUT2D eigenvalue weighted by atomic mass is 79.9. The van der Waals surface area contributed by atoms with Crippen LogP contribution in [0.2, 0.25) is 0 Å². The molecule has 1 aromatic rings. The number of rotatable bonds is 5. The van der Waals surface area contributed by atoms with Crippen molar-refractivity contribution in [1.29, 1.82) is 0 Å². The average Bonchev–Trinajstić information content (AvgIpc) is 2.33. The molecule has 1 aromatic carbocycles. The van der Waals surface area contributed by atoms with E-state index in [9.17, 15) is 13.2 Å². The number of hydrogen-bond acceptors (Lipinski definition) is 3. The second kappa shape index (κ2) is 6.91. The Morgan fingerprint density at radius 2 is 1.95 bits per heavy atom. The molecule has 1 unspecified atom stereocenters. The van der Waals surface area contributed by atoms with E-state index in [2.05, 4.69) is 21.2 Å². The average molecular weight is 383 g/mol. The summed E-state index contributed by atoms with van der Waals surface area (Å²) < 4.78 is 23.2. The van der Waals surface area contributed by atoms with Crippen molar-refractivity contribution < 1.29 is 13.2 Å². The van der Waals surface area contributed by atoms with Crippen molar-refractivity contribution in [2.75, 3.05) is 0 Å². The summed E-state index contributed by atoms with van der Waals surface area (Å²) in [6.07, 6.45) is 0.804. The molecule has 0 radical (unpaired) electrons. The zero-order valence-corrected chi connectivity index (χ0v) is 14.6. The van der Waals surface area contributed by atoms with Gasteiger partial charge in [-0.3, -0.25) is 4.79 Å². The van der Waals surface area contributed by atoms with Crippen LogP contribution in [-0.4, -0.2) is 20.4 Å². The highest BCUT2D eigenvalue weighted by Crippen LogP contribution is 2.22. The molecule has 1 amide bonds. The van der Waals surface area contributed by atoms with E-state index in [1.165, 1.54) is 12.1 Å². The third-order valence-electron chi connectivity index (χ3n) is 2.98. The SMILES string of the molecule is CCC(NC(=O)c1cc(Br)cc(S(=O)(=O)Cl)c1)C(C)C. The molecule has 0 aliphatic heterocycles. The molecule has 0 fully saturated rings. The number of carbonyl (C=O) groups is 1. The molecule has 1 atom stereocenters. The standard InChI is InChI=1S/C13H17BrClNO3S/c1-4-12(8(2)3)16-13(17)9-5-10(14)7-11(6-9)20(15,18)19/h5-8,12H,4H2,1-3H3,(H,16,17). The molecule has 112 valence electrons. The summed E-state index contributed by atoms with van der Waals surface area (Å²) in [6.45, 7) is 6.02. The lowest BCUT2D eigenvalue weighted by Gasteiger charge is -2.20. The summed E-state index contributed by atoms with van der Waals surface area (Å²) in [5.74, 6) is -0.0132. The van der Waals surface area contributed by atoms with E-state index >= 15 is 0 Å². The van der Waals surface area contributed by atoms with Crippen LogP contribution in [-0.2, 0) is 9.05 Å². The van der Waals surface area contributed by atoms with Crippen LogP contribution in [0, 0.1) is 5.92 Å². The van der Waals surface area contributed by atoms with E-state index in [0.29, 0.717) is 10.4 Å². The van der Waals surface area contributed by atoms with Crippen LogP contribution in [0.1, 0.15) is 37.6 Å². The molecular formula is C13H17BrClNO3S. The Balaban J connectivity index is 3.08. The number of benzene rings is 1. The van der Waals surface area contributed by atoms with Gasteiger partial charge in [-0.2, -0.15) is 0 Å². The lowest BCUT2D eigenvalue weighted by Crippen LogP contribution is -2.38. The fourth-order valence-corrected chi connectivity index (χ4v) is 3.27. The fraction of sp³-hybridized carbons (Fsp3) is 0.462. The maximum atomic E-state index is 12.2. The van der Waals surface area contributed by atoms with Crippen molar-refractivity contribution in [2.45, 2.75) is 38.1 Å². The highest BCUT2D eigenvalue weighted by Gasteiger charge is 2.18. The predicted molar refractivity (Wildman–Crippen MR) is 83.6 cm³/mol. The van der Waals surface area contributed by atoms with Gasteiger partial charge in [-0.15, -0.1) is 0 Å². The summed E-state index contributed by atoms with van der Waals surface area (Å²) >= 11 is 3.18. The minimum absolute atomic E-state index is 0.0394. The first kappa shape index (κ1) is 17.5. The van der Waals surface area contributed by atoms with Crippen LogP contribution in [0.5, 0.6) is 0 Å². The number of amides is 1. The minimum atomic E-state index is -3.87. The normalized spacial score (nSPS) is 13.3. The van der Waals surface area contributed by atoms with Crippen LogP contribution in [0.15, 0.2) is 27.6 Å². The van der Waals surface area contributed by atoms with Gasteiger partial charge in [-0.05, 0) is 30.5 Å². The van der Waals surface area contributed by atoms with Gasteiger partial charge in [0.1, 0.15) is 0 Å². The quantitative estimate of drug-likeness (QED) is 0.792. The Morgan fingerprint density at radius 1 is 1.35 bits per heavy atom. The van der Waals surface area contributed by atoms with Crippen molar-refractivity contribution in [3.05, 3.63) is 28.2 Å². The van der Waals surface area contributed by atoms with Gasteiger partial charge < -0.3 is 5.32 Å². The minimum Gasteiger partial charge on any atom is -0.349 e. The Hall–Kier alpha value is -0.590. The third-order valence-corrected chi connectivity index (χ3v) is 4.77. The topological polar surface area (TPSA) is 63.2 Å². The Kier molecular flexibility index (Phi) is 6.04. The van der Waals surface area contributed by atoms with E-state index in [1.807, 2.05) is 20.8 Å². The van der Waals surface area contributed by atoms with Gasteiger partial charge in [0.25, 0.3) is 15.0 Å². The van der Waals surface area contributed by atoms with Crippen molar-refractivity contribution in [3.8, 4) is 0 Å². The van der Waals surface area contributed by atoms with Gasteiger partial charge >= 0.3 is 0 Å². The molecule has 20 heavy (non-hydrogen) atoms. The molecule has 7 heteroatoms. The first-order chi connectivity index (χ1) is 9.15. The van der Waals surface area contributed by atoms with Crippen LogP contribution >= 0.6 is 26.6 Å². The molecule has 0 saturated heterocycles. The summed E-state index contributed by atoms with van der Waals surface area (Å²) in [7, 11) is 1.44. The summed E-state index contributed by atoms with van der Waals surface area (Å²) in [5, 5.41) is 2.89. The first-order valence-electron chi connectivity index (χ1n) is 6.21. The van der Waals surface area contributed by atoms with Gasteiger partial charge in [-0.25, -0.2) is 8.42 Å². The van der Waals surface area contributed by atoms with Crippen LogP contribution < -0.4 is 5.32 Å². The van der Waals surface area contributed by atoms with Gasteiger partial charge in [-0.1, -0.05) is 36.7 Å². The molecule has 0 aromatic heterocycles. The highest BCUT2D eigenvalue weighted by molar-refractivity contribution is 9.10. The summed E-state index contributed by atoms with van der Waals surface area (Å²) in [5.41, 5.74) is 0.262. The monoisotopic (exact) mass is 381 g/mol. The molecule has 0 aliphatic rings. The van der Waals surface area contributed by atoms with Gasteiger partial charge in [0.15, 0.2) is 0 Å². The Morgan fingerprint density at radius 3 is 2.40 bits per heavy atom. The van der Waals surface area contributed by atoms with Crippen LogP contribution in [0.25, 0.3) is 0 Å². The molecule has 0 aliphatic carbocycles. The second-order valence-corrected chi connectivity index (χ2v) is 8.33. The maximum Gasteiger partial charge on any atom is 0.261 e. The molecular weight excluding hydrogens is 366 g/mol. The van der Waals surface area contributed by atoms with E-state index < -0.39 is 9.05 Å². The largest absolute Gasteiger partial charge is 0.349 e. The molecule has 0 spiro atoms. The van der Waals surface area contributed by atoms with Crippen molar-refractivity contribution in [3.63, 3.8) is 0 Å². The lowest BCUT2D eigenvalue weighted by atomic mass is 10.0. The number of hydrogen-bond donors (Lipinski definition) is 1. The number of nitrogens with one attached hydrogen (secondary N) is 1. The molecule has 1 rings (SSSR count). The Labute approximate surface area is 132 Å². The van der Waals surface area contributed by atoms with Gasteiger partial charge in [0.2, 0.25) is 0 Å². The van der Waals surface area contributed by atoms with Gasteiger partial charge in [0, 0.05) is 26.8 Å². The van der Waals surface area contributed by atoms with Crippen molar-refractivity contribution in [1.82, 2.24) is 5.32 Å². The maximum absolute atomic E-state index is 12.2. The van der Waals surface area contributed by atoms with Crippen molar-refractivity contribution in [2.24, 2.45) is 5.92 Å². The van der Waals surface area contributed by atoms with Crippen molar-refractivity contribution >= 4 is 41.6 Å². The molecule has 0 saturated carbocycles.